The summed E-state index contributed by atoms with van der Waals surface area (Å²) in [5, 5.41) is 0. The number of benzene rings is 1. The first-order valence-electron chi connectivity index (χ1n) is 9.57. The average Bonchev–Trinajstić information content (AvgIpc) is 3.06. The number of carbonyl (C=O) groups is 2. The van der Waals surface area contributed by atoms with Crippen LogP contribution < -0.4 is 20.1 Å². The third-order valence-electron chi connectivity index (χ3n) is 5.34. The van der Waals surface area contributed by atoms with E-state index in [0.717, 1.165) is 12.1 Å². The van der Waals surface area contributed by atoms with Gasteiger partial charge in [-0.05, 0) is 24.5 Å². The molecule has 7 heteroatoms. The maximum Gasteiger partial charge on any atom is 0.227 e. The standard InChI is InChI=1S/C20H29N3O4/c1-13(2)16(21)6-7-22(3)20(25)14-10-19(24)23(12-14)15-4-5-17-18(11-15)27-9-8-26-17/h4-5,11,13-14,16H,6-10,12,21H2,1-3H3. The van der Waals surface area contributed by atoms with Gasteiger partial charge in [-0.3, -0.25) is 9.59 Å². The Labute approximate surface area is 160 Å². The number of ether oxygens (including phenoxy) is 2. The Kier molecular flexibility index (Phi) is 5.89. The van der Waals surface area contributed by atoms with Gasteiger partial charge in [0.1, 0.15) is 13.2 Å². The lowest BCUT2D eigenvalue weighted by atomic mass is 10.0. The van der Waals surface area contributed by atoms with Crippen LogP contribution in [0.5, 0.6) is 11.5 Å². The summed E-state index contributed by atoms with van der Waals surface area (Å²) in [4.78, 5) is 28.6. The summed E-state index contributed by atoms with van der Waals surface area (Å²) >= 11 is 0. The summed E-state index contributed by atoms with van der Waals surface area (Å²) in [6.07, 6.45) is 0.986. The Morgan fingerprint density at radius 2 is 2.00 bits per heavy atom. The molecule has 1 saturated heterocycles. The van der Waals surface area contributed by atoms with E-state index in [0.29, 0.717) is 43.7 Å². The topological polar surface area (TPSA) is 85.1 Å². The van der Waals surface area contributed by atoms with Crippen molar-refractivity contribution in [1.29, 1.82) is 0 Å². The zero-order chi connectivity index (χ0) is 19.6. The van der Waals surface area contributed by atoms with Gasteiger partial charge in [-0.2, -0.15) is 0 Å². The van der Waals surface area contributed by atoms with Gasteiger partial charge in [-0.25, -0.2) is 0 Å². The summed E-state index contributed by atoms with van der Waals surface area (Å²) in [5.74, 6) is 1.33. The van der Waals surface area contributed by atoms with Crippen LogP contribution in [0.1, 0.15) is 26.7 Å². The van der Waals surface area contributed by atoms with Gasteiger partial charge >= 0.3 is 0 Å². The summed E-state index contributed by atoms with van der Waals surface area (Å²) in [6, 6.07) is 5.53. The molecule has 1 aromatic carbocycles. The van der Waals surface area contributed by atoms with Gasteiger partial charge in [0, 0.05) is 44.4 Å². The molecule has 2 amide bonds. The van der Waals surface area contributed by atoms with Crippen molar-refractivity contribution in [1.82, 2.24) is 4.90 Å². The van der Waals surface area contributed by atoms with Gasteiger partial charge in [0.25, 0.3) is 0 Å². The monoisotopic (exact) mass is 375 g/mol. The molecule has 1 fully saturated rings. The molecule has 2 aliphatic heterocycles. The summed E-state index contributed by atoms with van der Waals surface area (Å²) < 4.78 is 11.1. The van der Waals surface area contributed by atoms with Crippen LogP contribution in [0.4, 0.5) is 5.69 Å². The molecule has 0 spiro atoms. The summed E-state index contributed by atoms with van der Waals surface area (Å²) in [5.41, 5.74) is 6.81. The Morgan fingerprint density at radius 1 is 1.30 bits per heavy atom. The van der Waals surface area contributed by atoms with Crippen molar-refractivity contribution < 1.29 is 19.1 Å². The molecule has 0 saturated carbocycles. The molecule has 2 aliphatic rings. The van der Waals surface area contributed by atoms with E-state index in [2.05, 4.69) is 13.8 Å². The molecular formula is C20H29N3O4. The predicted molar refractivity (Wildman–Crippen MR) is 103 cm³/mol. The van der Waals surface area contributed by atoms with Gasteiger partial charge in [-0.1, -0.05) is 13.8 Å². The second kappa shape index (κ2) is 8.17. The van der Waals surface area contributed by atoms with Crippen molar-refractivity contribution in [2.75, 3.05) is 38.3 Å². The zero-order valence-electron chi connectivity index (χ0n) is 16.3. The SMILES string of the molecule is CC(C)C(N)CCN(C)C(=O)C1CC(=O)N(c2ccc3c(c2)OCCO3)C1. The second-order valence-electron chi connectivity index (χ2n) is 7.69. The molecule has 0 aliphatic carbocycles. The largest absolute Gasteiger partial charge is 0.486 e. The fraction of sp³-hybridized carbons (Fsp3) is 0.600. The Hall–Kier alpha value is -2.28. The molecular weight excluding hydrogens is 346 g/mol. The first-order chi connectivity index (χ1) is 12.9. The van der Waals surface area contributed by atoms with Crippen molar-refractivity contribution in [3.63, 3.8) is 0 Å². The Morgan fingerprint density at radius 3 is 2.70 bits per heavy atom. The zero-order valence-corrected chi connectivity index (χ0v) is 16.3. The molecule has 1 aromatic rings. The lowest BCUT2D eigenvalue weighted by Crippen LogP contribution is -2.38. The van der Waals surface area contributed by atoms with E-state index in [1.165, 1.54) is 0 Å². The molecule has 0 radical (unpaired) electrons. The summed E-state index contributed by atoms with van der Waals surface area (Å²) in [7, 11) is 1.78. The van der Waals surface area contributed by atoms with E-state index in [1.54, 1.807) is 16.8 Å². The molecule has 148 valence electrons. The number of hydrogen-bond acceptors (Lipinski definition) is 5. The van der Waals surface area contributed by atoms with Crippen LogP contribution in [0, 0.1) is 11.8 Å². The highest BCUT2D eigenvalue weighted by Crippen LogP contribution is 2.36. The van der Waals surface area contributed by atoms with E-state index >= 15 is 0 Å². The molecule has 2 heterocycles. The fourth-order valence-corrected chi connectivity index (χ4v) is 3.42. The maximum atomic E-state index is 12.7. The molecule has 2 atom stereocenters. The lowest BCUT2D eigenvalue weighted by molar-refractivity contribution is -0.134. The lowest BCUT2D eigenvalue weighted by Gasteiger charge is -2.24. The Balaban J connectivity index is 1.62. The van der Waals surface area contributed by atoms with Crippen LogP contribution in [0.3, 0.4) is 0 Å². The predicted octanol–water partition coefficient (Wildman–Crippen LogP) is 1.64. The smallest absolute Gasteiger partial charge is 0.227 e. The normalized spacial score (nSPS) is 20.1. The number of nitrogens with zero attached hydrogens (tertiary/aromatic N) is 2. The van der Waals surface area contributed by atoms with Crippen molar-refractivity contribution in [3.8, 4) is 11.5 Å². The van der Waals surface area contributed by atoms with Crippen molar-refractivity contribution in [2.45, 2.75) is 32.7 Å². The average molecular weight is 375 g/mol. The van der Waals surface area contributed by atoms with Crippen LogP contribution in [-0.2, 0) is 9.59 Å². The third kappa shape index (κ3) is 4.35. The first-order valence-corrected chi connectivity index (χ1v) is 9.57. The minimum atomic E-state index is -0.328. The van der Waals surface area contributed by atoms with Gasteiger partial charge in [0.05, 0.1) is 5.92 Å². The van der Waals surface area contributed by atoms with Crippen LogP contribution in [-0.4, -0.2) is 56.1 Å². The number of amides is 2. The molecule has 2 unspecified atom stereocenters. The number of rotatable bonds is 6. The van der Waals surface area contributed by atoms with E-state index in [1.807, 2.05) is 18.2 Å². The minimum absolute atomic E-state index is 0.000602. The molecule has 27 heavy (non-hydrogen) atoms. The molecule has 0 bridgehead atoms. The van der Waals surface area contributed by atoms with Gasteiger partial charge < -0.3 is 25.0 Å². The number of nitrogens with two attached hydrogens (primary N) is 1. The number of anilines is 1. The highest BCUT2D eigenvalue weighted by Gasteiger charge is 2.36. The van der Waals surface area contributed by atoms with Crippen molar-refractivity contribution in [2.24, 2.45) is 17.6 Å². The quantitative estimate of drug-likeness (QED) is 0.817. The highest BCUT2D eigenvalue weighted by atomic mass is 16.6. The fourth-order valence-electron chi connectivity index (χ4n) is 3.42. The molecule has 0 aromatic heterocycles. The van der Waals surface area contributed by atoms with E-state index in [4.69, 9.17) is 15.2 Å². The van der Waals surface area contributed by atoms with Gasteiger partial charge in [-0.15, -0.1) is 0 Å². The molecule has 7 nitrogen and oxygen atoms in total. The van der Waals surface area contributed by atoms with Gasteiger partial charge in [0.15, 0.2) is 11.5 Å². The van der Waals surface area contributed by atoms with Crippen LogP contribution >= 0.6 is 0 Å². The first kappa shape index (κ1) is 19.5. The van der Waals surface area contributed by atoms with Crippen LogP contribution in [0.25, 0.3) is 0 Å². The van der Waals surface area contributed by atoms with Gasteiger partial charge in [0.2, 0.25) is 11.8 Å². The number of hydrogen-bond donors (Lipinski definition) is 1. The van der Waals surface area contributed by atoms with E-state index in [-0.39, 0.29) is 30.2 Å². The number of fused-ring (bicyclic) bond motifs is 1. The minimum Gasteiger partial charge on any atom is -0.486 e. The van der Waals surface area contributed by atoms with E-state index in [9.17, 15) is 9.59 Å². The molecule has 3 rings (SSSR count). The van der Waals surface area contributed by atoms with Crippen LogP contribution in [0.15, 0.2) is 18.2 Å². The van der Waals surface area contributed by atoms with Crippen molar-refractivity contribution >= 4 is 17.5 Å². The van der Waals surface area contributed by atoms with Crippen molar-refractivity contribution in [3.05, 3.63) is 18.2 Å². The maximum absolute atomic E-state index is 12.7. The summed E-state index contributed by atoms with van der Waals surface area (Å²) in [6.45, 7) is 6.17. The third-order valence-corrected chi connectivity index (χ3v) is 5.34. The van der Waals surface area contributed by atoms with Crippen LogP contribution in [0.2, 0.25) is 0 Å². The molecule has 2 N–H and O–H groups in total. The number of carbonyl (C=O) groups excluding carboxylic acids is 2. The Bertz CT molecular complexity index is 706. The van der Waals surface area contributed by atoms with E-state index < -0.39 is 0 Å². The second-order valence-corrected chi connectivity index (χ2v) is 7.69. The highest BCUT2D eigenvalue weighted by molar-refractivity contribution is 6.00.